The Kier molecular flexibility index (Phi) is 4.57. The summed E-state index contributed by atoms with van der Waals surface area (Å²) >= 11 is 17.9. The molecular weight excluding hydrogens is 323 g/mol. The number of amides is 2. The zero-order valence-electron chi connectivity index (χ0n) is 11.0. The van der Waals surface area contributed by atoms with E-state index in [9.17, 15) is 9.59 Å². The molecule has 108 valence electrons. The van der Waals surface area contributed by atoms with Crippen LogP contribution in [0.5, 0.6) is 0 Å². The summed E-state index contributed by atoms with van der Waals surface area (Å²) in [5.74, 6) is -1.32. The molecule has 1 aromatic rings. The van der Waals surface area contributed by atoms with E-state index < -0.39 is 0 Å². The summed E-state index contributed by atoms with van der Waals surface area (Å²) in [4.78, 5) is 29.6. The fourth-order valence-corrected chi connectivity index (χ4v) is 3.06. The van der Waals surface area contributed by atoms with Gasteiger partial charge in [0, 0.05) is 12.1 Å². The van der Waals surface area contributed by atoms with E-state index in [-0.39, 0.29) is 44.5 Å². The minimum atomic E-state index is -0.387. The molecule has 1 aliphatic rings. The number of anilines is 1. The van der Waals surface area contributed by atoms with Crippen molar-refractivity contribution >= 4 is 52.3 Å². The van der Waals surface area contributed by atoms with Crippen LogP contribution < -0.4 is 4.90 Å². The van der Waals surface area contributed by atoms with Gasteiger partial charge in [0.25, 0.3) is 0 Å². The van der Waals surface area contributed by atoms with Crippen LogP contribution in [0.1, 0.15) is 26.7 Å². The molecule has 2 atom stereocenters. The number of halogens is 3. The first-order valence-corrected chi connectivity index (χ1v) is 7.40. The third-order valence-corrected chi connectivity index (χ3v) is 4.50. The van der Waals surface area contributed by atoms with Crippen molar-refractivity contribution in [1.82, 2.24) is 4.98 Å². The van der Waals surface area contributed by atoms with Gasteiger partial charge in [-0.2, -0.15) is 0 Å². The quantitative estimate of drug-likeness (QED) is 0.620. The van der Waals surface area contributed by atoms with Gasteiger partial charge in [-0.1, -0.05) is 55.1 Å². The second-order valence-corrected chi connectivity index (χ2v) is 5.90. The number of carbonyl (C=O) groups excluding carboxylic acids is 2. The van der Waals surface area contributed by atoms with Crippen molar-refractivity contribution in [2.24, 2.45) is 11.8 Å². The van der Waals surface area contributed by atoms with Crippen LogP contribution in [0.4, 0.5) is 5.69 Å². The van der Waals surface area contributed by atoms with Gasteiger partial charge in [0.2, 0.25) is 11.8 Å². The number of rotatable bonds is 3. The minimum absolute atomic E-state index is 0.0123. The lowest BCUT2D eigenvalue weighted by Crippen LogP contribution is -2.31. The first kappa shape index (κ1) is 15.5. The summed E-state index contributed by atoms with van der Waals surface area (Å²) in [5, 5.41) is 0.161. The first-order valence-electron chi connectivity index (χ1n) is 6.27. The van der Waals surface area contributed by atoms with E-state index in [1.54, 1.807) is 6.92 Å². The molecule has 0 bridgehead atoms. The second kappa shape index (κ2) is 5.88. The molecule has 20 heavy (non-hydrogen) atoms. The molecule has 2 amide bonds. The lowest BCUT2D eigenvalue weighted by molar-refractivity contribution is -0.122. The van der Waals surface area contributed by atoms with Gasteiger partial charge in [0.05, 0.1) is 16.6 Å². The Morgan fingerprint density at radius 3 is 2.50 bits per heavy atom. The maximum absolute atomic E-state index is 12.5. The van der Waals surface area contributed by atoms with E-state index in [2.05, 4.69) is 4.98 Å². The molecule has 7 heteroatoms. The number of pyridine rings is 1. The molecule has 2 heterocycles. The highest BCUT2D eigenvalue weighted by molar-refractivity contribution is 6.47. The average Bonchev–Trinajstić information content (AvgIpc) is 2.61. The van der Waals surface area contributed by atoms with Crippen LogP contribution in [0.15, 0.2) is 6.20 Å². The summed E-state index contributed by atoms with van der Waals surface area (Å²) in [6.45, 7) is 3.71. The lowest BCUT2D eigenvalue weighted by atomic mass is 9.93. The molecule has 0 radical (unpaired) electrons. The summed E-state index contributed by atoms with van der Waals surface area (Å²) in [6, 6.07) is 0. The molecule has 0 aliphatic carbocycles. The topological polar surface area (TPSA) is 50.3 Å². The van der Waals surface area contributed by atoms with Gasteiger partial charge in [-0.15, -0.1) is 0 Å². The van der Waals surface area contributed by atoms with Crippen LogP contribution in [0.3, 0.4) is 0 Å². The molecule has 0 aromatic carbocycles. The fourth-order valence-electron chi connectivity index (χ4n) is 2.41. The molecule has 1 aromatic heterocycles. The molecule has 1 fully saturated rings. The second-order valence-electron chi connectivity index (χ2n) is 4.76. The first-order chi connectivity index (χ1) is 9.40. The van der Waals surface area contributed by atoms with Crippen molar-refractivity contribution in [3.8, 4) is 0 Å². The summed E-state index contributed by atoms with van der Waals surface area (Å²) in [7, 11) is 0. The maximum atomic E-state index is 12.5. The Labute approximate surface area is 132 Å². The van der Waals surface area contributed by atoms with Gasteiger partial charge >= 0.3 is 0 Å². The number of imide groups is 1. The normalized spacial score (nSPS) is 22.8. The van der Waals surface area contributed by atoms with Gasteiger partial charge in [0.1, 0.15) is 10.2 Å². The van der Waals surface area contributed by atoms with Gasteiger partial charge in [0.15, 0.2) is 0 Å². The smallest absolute Gasteiger partial charge is 0.237 e. The highest BCUT2D eigenvalue weighted by atomic mass is 35.5. The monoisotopic (exact) mass is 334 g/mol. The van der Waals surface area contributed by atoms with Crippen LogP contribution in [-0.4, -0.2) is 16.8 Å². The molecule has 1 saturated heterocycles. The molecule has 0 N–H and O–H groups in total. The van der Waals surface area contributed by atoms with E-state index in [0.29, 0.717) is 6.42 Å². The number of nitrogens with zero attached hydrogens (tertiary/aromatic N) is 2. The SMILES string of the molecule is CCCC1C(=O)N(c2c(Cl)cnc(Cl)c2Cl)C(=O)C1C. The Bertz CT molecular complexity index is 577. The number of hydrogen-bond donors (Lipinski definition) is 0. The van der Waals surface area contributed by atoms with Crippen molar-refractivity contribution in [3.05, 3.63) is 21.4 Å². The number of aromatic nitrogens is 1. The van der Waals surface area contributed by atoms with Crippen LogP contribution in [0, 0.1) is 11.8 Å². The maximum Gasteiger partial charge on any atom is 0.237 e. The van der Waals surface area contributed by atoms with E-state index in [1.165, 1.54) is 6.20 Å². The Morgan fingerprint density at radius 1 is 1.25 bits per heavy atom. The van der Waals surface area contributed by atoms with Gasteiger partial charge in [-0.3, -0.25) is 9.59 Å². The number of carbonyl (C=O) groups is 2. The van der Waals surface area contributed by atoms with Gasteiger partial charge in [-0.05, 0) is 6.42 Å². The van der Waals surface area contributed by atoms with Crippen molar-refractivity contribution < 1.29 is 9.59 Å². The largest absolute Gasteiger partial charge is 0.274 e. The minimum Gasteiger partial charge on any atom is -0.274 e. The third kappa shape index (κ3) is 2.41. The predicted molar refractivity (Wildman–Crippen MR) is 79.3 cm³/mol. The highest BCUT2D eigenvalue weighted by Crippen LogP contribution is 2.42. The molecular formula is C13H13Cl3N2O2. The predicted octanol–water partition coefficient (Wildman–Crippen LogP) is 3.97. The van der Waals surface area contributed by atoms with Crippen molar-refractivity contribution in [2.75, 3.05) is 4.90 Å². The highest BCUT2D eigenvalue weighted by Gasteiger charge is 2.46. The summed E-state index contributed by atoms with van der Waals surface area (Å²) < 4.78 is 0. The zero-order chi connectivity index (χ0) is 15.0. The van der Waals surface area contributed by atoms with E-state index in [0.717, 1.165) is 11.3 Å². The van der Waals surface area contributed by atoms with Crippen LogP contribution in [0.2, 0.25) is 15.2 Å². The van der Waals surface area contributed by atoms with Crippen LogP contribution >= 0.6 is 34.8 Å². The Balaban J connectivity index is 2.51. The van der Waals surface area contributed by atoms with E-state index in [4.69, 9.17) is 34.8 Å². The average molecular weight is 336 g/mol. The van der Waals surface area contributed by atoms with E-state index in [1.807, 2.05) is 6.92 Å². The zero-order valence-corrected chi connectivity index (χ0v) is 13.3. The molecule has 1 aliphatic heterocycles. The number of hydrogen-bond acceptors (Lipinski definition) is 3. The molecule has 4 nitrogen and oxygen atoms in total. The molecule has 2 unspecified atom stereocenters. The standard InChI is InChI=1S/C13H13Cl3N2O2/c1-3-4-7-6(2)12(19)18(13(7)20)10-8(14)5-17-11(16)9(10)15/h5-7H,3-4H2,1-2H3. The van der Waals surface area contributed by atoms with Crippen molar-refractivity contribution in [2.45, 2.75) is 26.7 Å². The van der Waals surface area contributed by atoms with Gasteiger partial charge < -0.3 is 0 Å². The summed E-state index contributed by atoms with van der Waals surface area (Å²) in [6.07, 6.45) is 2.75. The molecule has 2 rings (SSSR count). The van der Waals surface area contributed by atoms with Crippen molar-refractivity contribution in [3.63, 3.8) is 0 Å². The Morgan fingerprint density at radius 2 is 1.90 bits per heavy atom. The fraction of sp³-hybridized carbons (Fsp3) is 0.462. The van der Waals surface area contributed by atoms with Crippen LogP contribution in [-0.2, 0) is 9.59 Å². The van der Waals surface area contributed by atoms with Crippen molar-refractivity contribution in [1.29, 1.82) is 0 Å². The molecule has 0 saturated carbocycles. The van der Waals surface area contributed by atoms with Gasteiger partial charge in [-0.25, -0.2) is 9.88 Å². The lowest BCUT2D eigenvalue weighted by Gasteiger charge is -2.18. The Hall–Kier alpha value is -0.840. The summed E-state index contributed by atoms with van der Waals surface area (Å²) in [5.41, 5.74) is 0.133. The van der Waals surface area contributed by atoms with E-state index >= 15 is 0 Å². The third-order valence-electron chi connectivity index (χ3n) is 3.48. The van der Waals surface area contributed by atoms with Crippen LogP contribution in [0.25, 0.3) is 0 Å². The molecule has 0 spiro atoms.